The number of nitrogens with zero attached hydrogens (tertiary/aromatic N) is 1. The van der Waals surface area contributed by atoms with Crippen molar-refractivity contribution in [1.82, 2.24) is 10.3 Å². The SMILES string of the molecule is CCCCCSc1ccc(CNCCC)cn1. The molecular weight excluding hydrogens is 228 g/mol. The van der Waals surface area contributed by atoms with Crippen LogP contribution in [0.25, 0.3) is 0 Å². The van der Waals surface area contributed by atoms with Gasteiger partial charge in [0.15, 0.2) is 0 Å². The van der Waals surface area contributed by atoms with Crippen molar-refractivity contribution in [2.75, 3.05) is 12.3 Å². The quantitative estimate of drug-likeness (QED) is 0.533. The Balaban J connectivity index is 2.24. The van der Waals surface area contributed by atoms with E-state index in [0.29, 0.717) is 0 Å². The Morgan fingerprint density at radius 2 is 2.06 bits per heavy atom. The minimum absolute atomic E-state index is 0.932. The van der Waals surface area contributed by atoms with Crippen LogP contribution in [0.4, 0.5) is 0 Å². The Labute approximate surface area is 110 Å². The molecule has 0 atom stereocenters. The van der Waals surface area contributed by atoms with Gasteiger partial charge in [0.1, 0.15) is 0 Å². The summed E-state index contributed by atoms with van der Waals surface area (Å²) in [4.78, 5) is 4.48. The maximum absolute atomic E-state index is 4.48. The molecule has 2 nitrogen and oxygen atoms in total. The number of nitrogens with one attached hydrogen (secondary N) is 1. The number of hydrogen-bond acceptors (Lipinski definition) is 3. The molecule has 0 unspecified atom stereocenters. The fourth-order valence-electron chi connectivity index (χ4n) is 1.54. The van der Waals surface area contributed by atoms with Gasteiger partial charge in [-0.25, -0.2) is 4.98 Å². The molecule has 0 aromatic carbocycles. The largest absolute Gasteiger partial charge is 0.313 e. The molecule has 96 valence electrons. The Kier molecular flexibility index (Phi) is 8.10. The molecular formula is C14H24N2S. The summed E-state index contributed by atoms with van der Waals surface area (Å²) in [5, 5.41) is 4.54. The second kappa shape index (κ2) is 9.49. The second-order valence-electron chi connectivity index (χ2n) is 4.24. The highest BCUT2D eigenvalue weighted by Crippen LogP contribution is 2.17. The van der Waals surface area contributed by atoms with Crippen LogP contribution in [-0.4, -0.2) is 17.3 Å². The first-order valence-electron chi connectivity index (χ1n) is 6.65. The number of pyridine rings is 1. The molecule has 17 heavy (non-hydrogen) atoms. The fourth-order valence-corrected chi connectivity index (χ4v) is 2.39. The van der Waals surface area contributed by atoms with E-state index in [1.807, 2.05) is 18.0 Å². The van der Waals surface area contributed by atoms with E-state index in [2.05, 4.69) is 36.3 Å². The Morgan fingerprint density at radius 3 is 2.71 bits per heavy atom. The van der Waals surface area contributed by atoms with Crippen LogP contribution >= 0.6 is 11.8 Å². The van der Waals surface area contributed by atoms with Crippen molar-refractivity contribution in [2.45, 2.75) is 51.1 Å². The number of aromatic nitrogens is 1. The second-order valence-corrected chi connectivity index (χ2v) is 5.35. The van der Waals surface area contributed by atoms with Crippen LogP contribution in [0.2, 0.25) is 0 Å². The first-order chi connectivity index (χ1) is 8.36. The summed E-state index contributed by atoms with van der Waals surface area (Å²) < 4.78 is 0. The van der Waals surface area contributed by atoms with Crippen LogP contribution < -0.4 is 5.32 Å². The molecule has 0 bridgehead atoms. The third-order valence-electron chi connectivity index (χ3n) is 2.55. The third kappa shape index (κ3) is 6.69. The minimum atomic E-state index is 0.932. The van der Waals surface area contributed by atoms with E-state index in [-0.39, 0.29) is 0 Å². The smallest absolute Gasteiger partial charge is 0.0960 e. The molecule has 0 aliphatic heterocycles. The summed E-state index contributed by atoms with van der Waals surface area (Å²) in [5.41, 5.74) is 1.27. The number of rotatable bonds is 9. The summed E-state index contributed by atoms with van der Waals surface area (Å²) in [7, 11) is 0. The van der Waals surface area contributed by atoms with Crippen LogP contribution in [0.5, 0.6) is 0 Å². The zero-order valence-electron chi connectivity index (χ0n) is 11.0. The molecule has 0 aliphatic carbocycles. The van der Waals surface area contributed by atoms with E-state index >= 15 is 0 Å². The lowest BCUT2D eigenvalue weighted by atomic mass is 10.3. The summed E-state index contributed by atoms with van der Waals surface area (Å²) >= 11 is 1.87. The molecule has 0 fully saturated rings. The molecule has 0 aliphatic rings. The van der Waals surface area contributed by atoms with E-state index < -0.39 is 0 Å². The molecule has 1 rings (SSSR count). The van der Waals surface area contributed by atoms with Gasteiger partial charge in [-0.15, -0.1) is 11.8 Å². The molecule has 1 heterocycles. The lowest BCUT2D eigenvalue weighted by Crippen LogP contribution is -2.13. The van der Waals surface area contributed by atoms with Crippen molar-refractivity contribution in [3.05, 3.63) is 23.9 Å². The molecule has 0 radical (unpaired) electrons. The van der Waals surface area contributed by atoms with Crippen LogP contribution in [0.1, 0.15) is 45.1 Å². The Bertz CT molecular complexity index is 285. The van der Waals surface area contributed by atoms with Gasteiger partial charge in [-0.3, -0.25) is 0 Å². The molecule has 1 aromatic rings. The number of unbranched alkanes of at least 4 members (excludes halogenated alkanes) is 2. The standard InChI is InChI=1S/C14H24N2S/c1-3-5-6-10-17-14-8-7-13(12-16-14)11-15-9-4-2/h7-8,12,15H,3-6,9-11H2,1-2H3. The summed E-state index contributed by atoms with van der Waals surface area (Å²) in [6.07, 6.45) is 7.08. The highest BCUT2D eigenvalue weighted by atomic mass is 32.2. The van der Waals surface area contributed by atoms with Gasteiger partial charge in [0, 0.05) is 12.7 Å². The van der Waals surface area contributed by atoms with Crippen LogP contribution in [0.3, 0.4) is 0 Å². The first kappa shape index (κ1) is 14.5. The van der Waals surface area contributed by atoms with Gasteiger partial charge < -0.3 is 5.32 Å². The molecule has 3 heteroatoms. The van der Waals surface area contributed by atoms with E-state index in [1.54, 1.807) is 0 Å². The lowest BCUT2D eigenvalue weighted by Gasteiger charge is -2.04. The highest BCUT2D eigenvalue weighted by Gasteiger charge is 1.97. The maximum Gasteiger partial charge on any atom is 0.0960 e. The number of hydrogen-bond donors (Lipinski definition) is 1. The topological polar surface area (TPSA) is 24.9 Å². The molecule has 0 saturated carbocycles. The van der Waals surface area contributed by atoms with Gasteiger partial charge in [0.05, 0.1) is 5.03 Å². The lowest BCUT2D eigenvalue weighted by molar-refractivity contribution is 0.673. The van der Waals surface area contributed by atoms with Crippen LogP contribution in [0.15, 0.2) is 23.4 Å². The predicted octanol–water partition coefficient (Wildman–Crippen LogP) is 3.86. The highest BCUT2D eigenvalue weighted by molar-refractivity contribution is 7.99. The van der Waals surface area contributed by atoms with Gasteiger partial charge in [0.2, 0.25) is 0 Å². The summed E-state index contributed by atoms with van der Waals surface area (Å²) in [5.74, 6) is 1.19. The summed E-state index contributed by atoms with van der Waals surface area (Å²) in [6.45, 7) is 6.43. The average molecular weight is 252 g/mol. The monoisotopic (exact) mass is 252 g/mol. The third-order valence-corrected chi connectivity index (χ3v) is 3.58. The first-order valence-corrected chi connectivity index (χ1v) is 7.63. The minimum Gasteiger partial charge on any atom is -0.313 e. The zero-order valence-corrected chi connectivity index (χ0v) is 11.9. The molecule has 1 N–H and O–H groups in total. The predicted molar refractivity (Wildman–Crippen MR) is 76.5 cm³/mol. The molecule has 1 aromatic heterocycles. The van der Waals surface area contributed by atoms with Crippen molar-refractivity contribution < 1.29 is 0 Å². The van der Waals surface area contributed by atoms with Crippen molar-refractivity contribution in [3.63, 3.8) is 0 Å². The van der Waals surface area contributed by atoms with Crippen molar-refractivity contribution in [2.24, 2.45) is 0 Å². The van der Waals surface area contributed by atoms with Crippen molar-refractivity contribution in [1.29, 1.82) is 0 Å². The fraction of sp³-hybridized carbons (Fsp3) is 0.643. The van der Waals surface area contributed by atoms with Gasteiger partial charge in [-0.2, -0.15) is 0 Å². The Hall–Kier alpha value is -0.540. The van der Waals surface area contributed by atoms with Crippen molar-refractivity contribution >= 4 is 11.8 Å². The number of thioether (sulfide) groups is 1. The normalized spacial score (nSPS) is 10.7. The van der Waals surface area contributed by atoms with E-state index in [4.69, 9.17) is 0 Å². The molecule has 0 spiro atoms. The maximum atomic E-state index is 4.48. The van der Waals surface area contributed by atoms with Gasteiger partial charge in [0.25, 0.3) is 0 Å². The summed E-state index contributed by atoms with van der Waals surface area (Å²) in [6, 6.07) is 4.32. The zero-order chi connectivity index (χ0) is 12.3. The van der Waals surface area contributed by atoms with E-state index in [9.17, 15) is 0 Å². The molecule has 0 amide bonds. The Morgan fingerprint density at radius 1 is 1.18 bits per heavy atom. The van der Waals surface area contributed by atoms with Gasteiger partial charge in [-0.1, -0.05) is 32.8 Å². The van der Waals surface area contributed by atoms with E-state index in [0.717, 1.165) is 18.1 Å². The van der Waals surface area contributed by atoms with E-state index in [1.165, 1.54) is 37.0 Å². The molecule has 0 saturated heterocycles. The van der Waals surface area contributed by atoms with Gasteiger partial charge >= 0.3 is 0 Å². The van der Waals surface area contributed by atoms with Crippen LogP contribution in [0, 0.1) is 0 Å². The van der Waals surface area contributed by atoms with Crippen molar-refractivity contribution in [3.8, 4) is 0 Å². The average Bonchev–Trinajstić information content (AvgIpc) is 2.37. The van der Waals surface area contributed by atoms with Gasteiger partial charge in [-0.05, 0) is 36.8 Å². The van der Waals surface area contributed by atoms with Crippen LogP contribution in [-0.2, 0) is 6.54 Å².